The fraction of sp³-hybridized carbons (Fsp3) is 0.129. The summed E-state index contributed by atoms with van der Waals surface area (Å²) in [4.78, 5) is 14.6. The lowest BCUT2D eigenvalue weighted by Gasteiger charge is -2.14. The SMILES string of the molecule is CN(C)c1ccc(/C=C/c2ccccc2-c2ccccc2CNC(=O)Cc2ccc(F)cc2)cc1. The van der Waals surface area contributed by atoms with E-state index < -0.39 is 0 Å². The zero-order valence-electron chi connectivity index (χ0n) is 20.0. The monoisotopic (exact) mass is 464 g/mol. The van der Waals surface area contributed by atoms with E-state index in [1.54, 1.807) is 12.1 Å². The van der Waals surface area contributed by atoms with E-state index in [1.165, 1.54) is 12.1 Å². The molecule has 4 aromatic rings. The minimum absolute atomic E-state index is 0.0965. The minimum atomic E-state index is -0.304. The van der Waals surface area contributed by atoms with Crippen molar-refractivity contribution in [2.45, 2.75) is 13.0 Å². The number of benzene rings is 4. The van der Waals surface area contributed by atoms with E-state index >= 15 is 0 Å². The molecule has 0 unspecified atom stereocenters. The van der Waals surface area contributed by atoms with E-state index in [2.05, 4.69) is 64.8 Å². The third-order valence-corrected chi connectivity index (χ3v) is 5.89. The molecular formula is C31H29FN2O. The third-order valence-electron chi connectivity index (χ3n) is 5.89. The summed E-state index contributed by atoms with van der Waals surface area (Å²) in [5, 5.41) is 3.01. The molecule has 0 spiro atoms. The summed E-state index contributed by atoms with van der Waals surface area (Å²) in [5.74, 6) is -0.401. The first kappa shape index (κ1) is 24.0. The van der Waals surface area contributed by atoms with Crippen molar-refractivity contribution in [3.63, 3.8) is 0 Å². The lowest BCUT2D eigenvalue weighted by atomic mass is 9.94. The highest BCUT2D eigenvalue weighted by Crippen LogP contribution is 2.29. The van der Waals surface area contributed by atoms with Gasteiger partial charge in [-0.05, 0) is 57.6 Å². The molecule has 4 aromatic carbocycles. The van der Waals surface area contributed by atoms with Gasteiger partial charge in [-0.2, -0.15) is 0 Å². The Morgan fingerprint density at radius 3 is 2.17 bits per heavy atom. The van der Waals surface area contributed by atoms with Crippen molar-refractivity contribution in [3.05, 3.63) is 125 Å². The number of nitrogens with one attached hydrogen (secondary N) is 1. The van der Waals surface area contributed by atoms with Gasteiger partial charge in [-0.25, -0.2) is 4.39 Å². The van der Waals surface area contributed by atoms with E-state index in [4.69, 9.17) is 0 Å². The molecule has 0 saturated heterocycles. The normalized spacial score (nSPS) is 10.9. The molecule has 0 bridgehead atoms. The second kappa shape index (κ2) is 11.3. The van der Waals surface area contributed by atoms with Crippen LogP contribution in [0.3, 0.4) is 0 Å². The van der Waals surface area contributed by atoms with E-state index in [0.717, 1.165) is 39.1 Å². The van der Waals surface area contributed by atoms with Crippen LogP contribution in [0.5, 0.6) is 0 Å². The number of nitrogens with zero attached hydrogens (tertiary/aromatic N) is 1. The molecule has 0 aromatic heterocycles. The predicted octanol–water partition coefficient (Wildman–Crippen LogP) is 6.59. The van der Waals surface area contributed by atoms with Gasteiger partial charge in [0.25, 0.3) is 0 Å². The molecule has 0 radical (unpaired) electrons. The Kier molecular flexibility index (Phi) is 7.74. The number of amides is 1. The average Bonchev–Trinajstić information content (AvgIpc) is 2.88. The topological polar surface area (TPSA) is 32.3 Å². The van der Waals surface area contributed by atoms with Crippen LogP contribution in [0.15, 0.2) is 97.1 Å². The Morgan fingerprint density at radius 1 is 0.800 bits per heavy atom. The van der Waals surface area contributed by atoms with Crippen molar-refractivity contribution >= 4 is 23.7 Å². The van der Waals surface area contributed by atoms with Crippen molar-refractivity contribution in [2.75, 3.05) is 19.0 Å². The maximum atomic E-state index is 13.1. The number of rotatable bonds is 8. The summed E-state index contributed by atoms with van der Waals surface area (Å²) in [6, 6.07) is 30.8. The van der Waals surface area contributed by atoms with Gasteiger partial charge in [0.1, 0.15) is 5.82 Å². The van der Waals surface area contributed by atoms with E-state index in [0.29, 0.717) is 6.54 Å². The molecule has 0 heterocycles. The largest absolute Gasteiger partial charge is 0.378 e. The number of carbonyl (C=O) groups is 1. The van der Waals surface area contributed by atoms with Gasteiger partial charge in [0.2, 0.25) is 5.91 Å². The van der Waals surface area contributed by atoms with Crippen LogP contribution in [-0.4, -0.2) is 20.0 Å². The van der Waals surface area contributed by atoms with Gasteiger partial charge in [0.05, 0.1) is 6.42 Å². The second-order valence-corrected chi connectivity index (χ2v) is 8.64. The molecule has 4 rings (SSSR count). The number of anilines is 1. The van der Waals surface area contributed by atoms with Crippen LogP contribution < -0.4 is 10.2 Å². The zero-order valence-corrected chi connectivity index (χ0v) is 20.0. The van der Waals surface area contributed by atoms with Gasteiger partial charge < -0.3 is 10.2 Å². The summed E-state index contributed by atoms with van der Waals surface area (Å²) in [6.45, 7) is 0.417. The van der Waals surface area contributed by atoms with E-state index in [9.17, 15) is 9.18 Å². The van der Waals surface area contributed by atoms with Gasteiger partial charge in [0, 0.05) is 26.3 Å². The van der Waals surface area contributed by atoms with Gasteiger partial charge in [-0.3, -0.25) is 4.79 Å². The van der Waals surface area contributed by atoms with Crippen LogP contribution in [0.25, 0.3) is 23.3 Å². The average molecular weight is 465 g/mol. The summed E-state index contributed by atoms with van der Waals surface area (Å²) in [7, 11) is 4.06. The molecule has 1 N–H and O–H groups in total. The van der Waals surface area contributed by atoms with Gasteiger partial charge in [-0.15, -0.1) is 0 Å². The van der Waals surface area contributed by atoms with Gasteiger partial charge in [0.15, 0.2) is 0 Å². The highest BCUT2D eigenvalue weighted by Gasteiger charge is 2.10. The second-order valence-electron chi connectivity index (χ2n) is 8.64. The Bertz CT molecular complexity index is 1310. The van der Waals surface area contributed by atoms with Crippen LogP contribution in [-0.2, 0) is 17.8 Å². The Hall–Kier alpha value is -4.18. The van der Waals surface area contributed by atoms with Gasteiger partial charge >= 0.3 is 0 Å². The molecule has 0 aliphatic rings. The maximum Gasteiger partial charge on any atom is 0.224 e. The molecule has 176 valence electrons. The smallest absolute Gasteiger partial charge is 0.224 e. The highest BCUT2D eigenvalue weighted by atomic mass is 19.1. The fourth-order valence-electron chi connectivity index (χ4n) is 3.94. The third kappa shape index (κ3) is 6.45. The number of carbonyl (C=O) groups excluding carboxylic acids is 1. The molecule has 3 nitrogen and oxygen atoms in total. The molecule has 35 heavy (non-hydrogen) atoms. The summed E-state index contributed by atoms with van der Waals surface area (Å²) in [6.07, 6.45) is 4.46. The standard InChI is InChI=1S/C31H29FN2O/c1-34(2)28-19-14-23(15-20-28)11-16-25-7-3-5-9-29(25)30-10-6-4-8-26(30)22-33-31(35)21-24-12-17-27(32)18-13-24/h3-20H,21-22H2,1-2H3,(H,33,35)/b16-11+. The van der Waals surface area contributed by atoms with Crippen molar-refractivity contribution in [1.29, 1.82) is 0 Å². The van der Waals surface area contributed by atoms with Crippen molar-refractivity contribution in [3.8, 4) is 11.1 Å². The van der Waals surface area contributed by atoms with Crippen molar-refractivity contribution < 1.29 is 9.18 Å². The zero-order chi connectivity index (χ0) is 24.6. The molecule has 0 aliphatic heterocycles. The van der Waals surface area contributed by atoms with Crippen molar-refractivity contribution in [2.24, 2.45) is 0 Å². The molecule has 1 amide bonds. The highest BCUT2D eigenvalue weighted by molar-refractivity contribution is 5.83. The quantitative estimate of drug-likeness (QED) is 0.299. The summed E-state index contributed by atoms with van der Waals surface area (Å²) < 4.78 is 13.1. The van der Waals surface area contributed by atoms with Crippen LogP contribution in [0, 0.1) is 5.82 Å². The molecule has 0 aliphatic carbocycles. The summed E-state index contributed by atoms with van der Waals surface area (Å²) in [5.41, 5.74) is 7.41. The Labute approximate surface area is 206 Å². The summed E-state index contributed by atoms with van der Waals surface area (Å²) >= 11 is 0. The van der Waals surface area contributed by atoms with E-state index in [1.807, 2.05) is 44.4 Å². The first-order chi connectivity index (χ1) is 17.0. The number of hydrogen-bond acceptors (Lipinski definition) is 2. The van der Waals surface area contributed by atoms with Gasteiger partial charge in [-0.1, -0.05) is 84.9 Å². The molecule has 0 atom stereocenters. The fourth-order valence-corrected chi connectivity index (χ4v) is 3.94. The predicted molar refractivity (Wildman–Crippen MR) is 144 cm³/mol. The molecule has 0 fully saturated rings. The van der Waals surface area contributed by atoms with Crippen LogP contribution in [0.4, 0.5) is 10.1 Å². The lowest BCUT2D eigenvalue weighted by Crippen LogP contribution is -2.24. The number of hydrogen-bond donors (Lipinski definition) is 1. The first-order valence-corrected chi connectivity index (χ1v) is 11.6. The maximum absolute atomic E-state index is 13.1. The first-order valence-electron chi connectivity index (χ1n) is 11.6. The van der Waals surface area contributed by atoms with Crippen LogP contribution >= 0.6 is 0 Å². The lowest BCUT2D eigenvalue weighted by molar-refractivity contribution is -0.120. The molecular weight excluding hydrogens is 435 g/mol. The van der Waals surface area contributed by atoms with E-state index in [-0.39, 0.29) is 18.1 Å². The van der Waals surface area contributed by atoms with Crippen molar-refractivity contribution in [1.82, 2.24) is 5.32 Å². The Balaban J connectivity index is 1.51. The molecule has 0 saturated carbocycles. The Morgan fingerprint density at radius 2 is 1.46 bits per heavy atom. The molecule has 4 heteroatoms. The van der Waals surface area contributed by atoms with Crippen LogP contribution in [0.2, 0.25) is 0 Å². The van der Waals surface area contributed by atoms with Crippen LogP contribution in [0.1, 0.15) is 22.3 Å². The minimum Gasteiger partial charge on any atom is -0.378 e. The number of halogens is 1.